The summed E-state index contributed by atoms with van der Waals surface area (Å²) >= 11 is 0. The lowest BCUT2D eigenvalue weighted by Crippen LogP contribution is -2.30. The maximum atomic E-state index is 12.8. The molecule has 0 fully saturated rings. The van der Waals surface area contributed by atoms with Gasteiger partial charge in [-0.1, -0.05) is 205 Å². The highest BCUT2D eigenvalue weighted by molar-refractivity contribution is 5.71. The van der Waals surface area contributed by atoms with E-state index in [9.17, 15) is 14.4 Å². The Morgan fingerprint density at radius 2 is 0.627 bits per heavy atom. The highest BCUT2D eigenvalue weighted by Crippen LogP contribution is 2.11. The molecule has 0 amide bonds. The Bertz CT molecular complexity index is 1530. The molecule has 0 saturated carbocycles. The number of esters is 3. The van der Waals surface area contributed by atoms with Crippen LogP contribution < -0.4 is 0 Å². The smallest absolute Gasteiger partial charge is 0.306 e. The first-order valence-corrected chi connectivity index (χ1v) is 26.3. The van der Waals surface area contributed by atoms with Gasteiger partial charge in [0.25, 0.3) is 0 Å². The predicted molar refractivity (Wildman–Crippen MR) is 288 cm³/mol. The van der Waals surface area contributed by atoms with Crippen LogP contribution in [0.5, 0.6) is 0 Å². The maximum absolute atomic E-state index is 12.8. The van der Waals surface area contributed by atoms with Gasteiger partial charge in [-0.05, 0) is 122 Å². The first-order chi connectivity index (χ1) is 33.0. The summed E-state index contributed by atoms with van der Waals surface area (Å²) in [4.78, 5) is 38.0. The molecule has 1 atom stereocenters. The van der Waals surface area contributed by atoms with Gasteiger partial charge < -0.3 is 14.2 Å². The highest BCUT2D eigenvalue weighted by Gasteiger charge is 2.19. The molecule has 0 aliphatic rings. The van der Waals surface area contributed by atoms with Gasteiger partial charge in [0, 0.05) is 19.3 Å². The number of allylic oxidation sites excluding steroid dienone is 24. The molecule has 0 aliphatic carbocycles. The van der Waals surface area contributed by atoms with E-state index in [1.165, 1.54) is 38.5 Å². The molecule has 0 N–H and O–H groups in total. The standard InChI is InChI=1S/C61H94O6/c1-4-7-10-13-16-19-22-25-27-29-30-32-33-36-39-42-45-48-51-54-60(63)66-57-58(56-65-59(62)53-50-47-44-41-38-35-24-21-18-15-12-9-6-3)67-61(64)55-52-49-46-43-40-37-34-31-28-26-23-20-17-14-11-8-5-2/h7-8,10-11,16-17,19-20,25-28,30,32,34-39,43,45-46,48,58H,4-6,9,12-15,18,21-24,29,31,33,40-42,44,47,49-57H2,1-3H3/b10-7-,11-8-,19-16-,20-17-,27-25-,28-26-,32-30-,37-34-,38-35-,39-36-,46-43-,48-45-. The fourth-order valence-electron chi connectivity index (χ4n) is 6.44. The minimum Gasteiger partial charge on any atom is -0.462 e. The Balaban J connectivity index is 4.64. The largest absolute Gasteiger partial charge is 0.462 e. The van der Waals surface area contributed by atoms with Crippen molar-refractivity contribution in [2.75, 3.05) is 13.2 Å². The minimum atomic E-state index is -0.850. The van der Waals surface area contributed by atoms with Crippen LogP contribution in [0.4, 0.5) is 0 Å². The highest BCUT2D eigenvalue weighted by atomic mass is 16.6. The van der Waals surface area contributed by atoms with E-state index in [4.69, 9.17) is 14.2 Å². The van der Waals surface area contributed by atoms with Gasteiger partial charge in [-0.2, -0.15) is 0 Å². The summed E-state index contributed by atoms with van der Waals surface area (Å²) in [6, 6.07) is 0. The van der Waals surface area contributed by atoms with Crippen molar-refractivity contribution in [1.29, 1.82) is 0 Å². The van der Waals surface area contributed by atoms with Crippen LogP contribution in [-0.2, 0) is 28.6 Å². The van der Waals surface area contributed by atoms with Crippen LogP contribution in [0.2, 0.25) is 0 Å². The monoisotopic (exact) mass is 923 g/mol. The Labute approximate surface area is 410 Å². The molecule has 0 radical (unpaired) electrons. The second-order valence-electron chi connectivity index (χ2n) is 16.7. The third kappa shape index (κ3) is 52.1. The van der Waals surface area contributed by atoms with Crippen LogP contribution >= 0.6 is 0 Å². The number of hydrogen-bond donors (Lipinski definition) is 0. The molecular formula is C61H94O6. The summed E-state index contributed by atoms with van der Waals surface area (Å²) in [5, 5.41) is 0. The van der Waals surface area contributed by atoms with Gasteiger partial charge in [-0.3, -0.25) is 14.4 Å². The lowest BCUT2D eigenvalue weighted by Gasteiger charge is -2.18. The summed E-state index contributed by atoms with van der Waals surface area (Å²) < 4.78 is 16.7. The second kappa shape index (κ2) is 53.9. The molecule has 6 nitrogen and oxygen atoms in total. The van der Waals surface area contributed by atoms with Crippen molar-refractivity contribution in [3.05, 3.63) is 146 Å². The van der Waals surface area contributed by atoms with E-state index < -0.39 is 12.1 Å². The SMILES string of the molecule is CC/C=C\C/C=C\C/C=C\C/C=C\C/C=C\C/C=C\CCC(=O)OCC(COC(=O)CCCCC/C=C\CCCCCCCC)OC(=O)CCC/C=C\C/C=C\C/C=C\C/C=C\C/C=C\CC. The number of unbranched alkanes of at least 4 members (excludes halogenated alkanes) is 10. The second-order valence-corrected chi connectivity index (χ2v) is 16.7. The van der Waals surface area contributed by atoms with Gasteiger partial charge in [0.2, 0.25) is 0 Å². The van der Waals surface area contributed by atoms with Crippen molar-refractivity contribution in [3.63, 3.8) is 0 Å². The quantitative estimate of drug-likeness (QED) is 0.0262. The zero-order valence-corrected chi connectivity index (χ0v) is 42.6. The van der Waals surface area contributed by atoms with Gasteiger partial charge in [0.15, 0.2) is 6.10 Å². The zero-order chi connectivity index (χ0) is 48.6. The van der Waals surface area contributed by atoms with Crippen LogP contribution in [0.3, 0.4) is 0 Å². The molecule has 0 saturated heterocycles. The molecule has 0 aromatic rings. The van der Waals surface area contributed by atoms with Crippen molar-refractivity contribution in [2.45, 2.75) is 207 Å². The topological polar surface area (TPSA) is 78.9 Å². The number of rotatable bonds is 45. The molecule has 0 bridgehead atoms. The van der Waals surface area contributed by atoms with Crippen molar-refractivity contribution in [2.24, 2.45) is 0 Å². The van der Waals surface area contributed by atoms with E-state index in [-0.39, 0.29) is 38.0 Å². The Morgan fingerprint density at radius 1 is 0.313 bits per heavy atom. The molecule has 374 valence electrons. The van der Waals surface area contributed by atoms with Crippen molar-refractivity contribution >= 4 is 17.9 Å². The number of hydrogen-bond acceptors (Lipinski definition) is 6. The third-order valence-electron chi connectivity index (χ3n) is 10.3. The molecular weight excluding hydrogens is 829 g/mol. The maximum Gasteiger partial charge on any atom is 0.306 e. The van der Waals surface area contributed by atoms with Crippen LogP contribution in [0, 0.1) is 0 Å². The first-order valence-electron chi connectivity index (χ1n) is 26.3. The number of ether oxygens (including phenoxy) is 3. The van der Waals surface area contributed by atoms with Crippen LogP contribution in [0.25, 0.3) is 0 Å². The summed E-state index contributed by atoms with van der Waals surface area (Å²) in [5.74, 6) is -1.11. The van der Waals surface area contributed by atoms with Crippen LogP contribution in [0.15, 0.2) is 146 Å². The first kappa shape index (κ1) is 62.3. The molecule has 0 aromatic heterocycles. The molecule has 0 rings (SSSR count). The average molecular weight is 923 g/mol. The van der Waals surface area contributed by atoms with E-state index in [1.54, 1.807) is 0 Å². The van der Waals surface area contributed by atoms with Crippen molar-refractivity contribution in [3.8, 4) is 0 Å². The van der Waals surface area contributed by atoms with E-state index in [2.05, 4.69) is 154 Å². The minimum absolute atomic E-state index is 0.138. The predicted octanol–water partition coefficient (Wildman–Crippen LogP) is 17.6. The fourth-order valence-corrected chi connectivity index (χ4v) is 6.44. The summed E-state index contributed by atoms with van der Waals surface area (Å²) in [6.07, 6.45) is 77.1. The van der Waals surface area contributed by atoms with E-state index >= 15 is 0 Å². The summed E-state index contributed by atoms with van der Waals surface area (Å²) in [6.45, 7) is 6.25. The molecule has 67 heavy (non-hydrogen) atoms. The van der Waals surface area contributed by atoms with Gasteiger partial charge >= 0.3 is 17.9 Å². The van der Waals surface area contributed by atoms with Crippen LogP contribution in [0.1, 0.15) is 201 Å². The summed E-state index contributed by atoms with van der Waals surface area (Å²) in [7, 11) is 0. The Kier molecular flexibility index (Phi) is 50.1. The fraction of sp³-hybridized carbons (Fsp3) is 0.557. The Hall–Kier alpha value is -4.71. The van der Waals surface area contributed by atoms with E-state index in [0.717, 1.165) is 109 Å². The molecule has 1 unspecified atom stereocenters. The number of carbonyl (C=O) groups excluding carboxylic acids is 3. The Morgan fingerprint density at radius 3 is 1.06 bits per heavy atom. The van der Waals surface area contributed by atoms with Gasteiger partial charge in [0.1, 0.15) is 13.2 Å². The third-order valence-corrected chi connectivity index (χ3v) is 10.3. The number of carbonyl (C=O) groups is 3. The van der Waals surface area contributed by atoms with Gasteiger partial charge in [-0.25, -0.2) is 0 Å². The van der Waals surface area contributed by atoms with Gasteiger partial charge in [0.05, 0.1) is 0 Å². The molecule has 6 heteroatoms. The average Bonchev–Trinajstić information content (AvgIpc) is 3.33. The van der Waals surface area contributed by atoms with Crippen molar-refractivity contribution in [1.82, 2.24) is 0 Å². The van der Waals surface area contributed by atoms with Crippen molar-refractivity contribution < 1.29 is 28.6 Å². The van der Waals surface area contributed by atoms with E-state index in [1.807, 2.05) is 12.2 Å². The zero-order valence-electron chi connectivity index (χ0n) is 42.6. The molecule has 0 heterocycles. The lowest BCUT2D eigenvalue weighted by molar-refractivity contribution is -0.166. The summed E-state index contributed by atoms with van der Waals surface area (Å²) in [5.41, 5.74) is 0. The van der Waals surface area contributed by atoms with Gasteiger partial charge in [-0.15, -0.1) is 0 Å². The van der Waals surface area contributed by atoms with E-state index in [0.29, 0.717) is 19.3 Å². The molecule has 0 aliphatic heterocycles. The lowest BCUT2D eigenvalue weighted by atomic mass is 10.1. The molecule has 0 aromatic carbocycles. The normalized spacial score (nSPS) is 13.3. The van der Waals surface area contributed by atoms with Crippen LogP contribution in [-0.4, -0.2) is 37.2 Å². The molecule has 0 spiro atoms.